The van der Waals surface area contributed by atoms with Crippen LogP contribution in [0.1, 0.15) is 18.6 Å². The molecule has 1 aromatic carbocycles. The van der Waals surface area contributed by atoms with Crippen LogP contribution in [0, 0.1) is 0 Å². The Bertz CT molecular complexity index is 465. The van der Waals surface area contributed by atoms with Gasteiger partial charge in [-0.25, -0.2) is 4.79 Å². The Balaban J connectivity index is 3.19. The van der Waals surface area contributed by atoms with Gasteiger partial charge in [0.1, 0.15) is 5.75 Å². The van der Waals surface area contributed by atoms with Crippen molar-refractivity contribution in [2.24, 2.45) is 0 Å². The van der Waals surface area contributed by atoms with Crippen LogP contribution >= 0.6 is 11.6 Å². The Labute approximate surface area is 113 Å². The Kier molecular flexibility index (Phi) is 5.08. The number of hydrogen-bond donors (Lipinski definition) is 1. The summed E-state index contributed by atoms with van der Waals surface area (Å²) in [5.74, 6) is -5.97. The Morgan fingerprint density at radius 3 is 2.68 bits per heavy atom. The molecule has 7 heteroatoms. The van der Waals surface area contributed by atoms with Crippen molar-refractivity contribution in [2.75, 3.05) is 13.7 Å². The third-order valence-electron chi connectivity index (χ3n) is 2.40. The molecule has 0 spiro atoms. The summed E-state index contributed by atoms with van der Waals surface area (Å²) in [6, 6.07) is 4.13. The van der Waals surface area contributed by atoms with Crippen LogP contribution in [0.25, 0.3) is 0 Å². The lowest BCUT2D eigenvalue weighted by Crippen LogP contribution is -2.37. The summed E-state index contributed by atoms with van der Waals surface area (Å²) >= 11 is 5.77. The molecular formula is C12H13ClF2O4. The number of aliphatic hydroxyl groups excluding tert-OH is 1. The van der Waals surface area contributed by atoms with Gasteiger partial charge in [0.15, 0.2) is 6.10 Å². The van der Waals surface area contributed by atoms with Crippen LogP contribution in [0.4, 0.5) is 8.78 Å². The second-order valence-corrected chi connectivity index (χ2v) is 4.01. The predicted molar refractivity (Wildman–Crippen MR) is 64.5 cm³/mol. The molecule has 1 aromatic rings. The minimum absolute atomic E-state index is 0.0380. The average Bonchev–Trinajstić information content (AvgIpc) is 2.37. The van der Waals surface area contributed by atoms with Gasteiger partial charge in [-0.2, -0.15) is 8.78 Å². The van der Waals surface area contributed by atoms with Crippen molar-refractivity contribution in [3.8, 4) is 5.75 Å². The van der Waals surface area contributed by atoms with E-state index in [4.69, 9.17) is 16.3 Å². The zero-order valence-electron chi connectivity index (χ0n) is 10.3. The van der Waals surface area contributed by atoms with Crippen molar-refractivity contribution in [1.82, 2.24) is 0 Å². The molecule has 19 heavy (non-hydrogen) atoms. The molecule has 0 bridgehead atoms. The summed E-state index contributed by atoms with van der Waals surface area (Å²) in [6.07, 6.45) is -2.45. The monoisotopic (exact) mass is 294 g/mol. The van der Waals surface area contributed by atoms with E-state index in [2.05, 4.69) is 4.74 Å². The highest BCUT2D eigenvalue weighted by Gasteiger charge is 2.50. The molecule has 0 saturated heterocycles. The van der Waals surface area contributed by atoms with Crippen LogP contribution in [-0.2, 0) is 9.53 Å². The second-order valence-electron chi connectivity index (χ2n) is 3.60. The molecule has 0 heterocycles. The molecule has 0 fully saturated rings. The number of alkyl halides is 2. The van der Waals surface area contributed by atoms with Gasteiger partial charge < -0.3 is 14.6 Å². The molecule has 1 rings (SSSR count). The fourth-order valence-corrected chi connectivity index (χ4v) is 1.75. The first-order valence-electron chi connectivity index (χ1n) is 5.41. The second kappa shape index (κ2) is 6.16. The highest BCUT2D eigenvalue weighted by molar-refractivity contribution is 6.31. The molecule has 0 amide bonds. The van der Waals surface area contributed by atoms with Gasteiger partial charge in [-0.15, -0.1) is 0 Å². The van der Waals surface area contributed by atoms with Crippen LogP contribution in [0.2, 0.25) is 5.02 Å². The number of carbonyl (C=O) groups is 1. The maximum atomic E-state index is 13.7. The molecule has 1 N–H and O–H groups in total. The van der Waals surface area contributed by atoms with E-state index in [9.17, 15) is 18.7 Å². The van der Waals surface area contributed by atoms with E-state index in [1.807, 2.05) is 0 Å². The van der Waals surface area contributed by atoms with Crippen molar-refractivity contribution < 1.29 is 28.2 Å². The highest BCUT2D eigenvalue weighted by atomic mass is 35.5. The molecule has 0 aliphatic carbocycles. The van der Waals surface area contributed by atoms with Crippen LogP contribution in [0.15, 0.2) is 18.2 Å². The van der Waals surface area contributed by atoms with Gasteiger partial charge in [0.2, 0.25) is 0 Å². The number of methoxy groups -OCH3 is 1. The van der Waals surface area contributed by atoms with E-state index in [1.54, 1.807) is 0 Å². The van der Waals surface area contributed by atoms with Crippen molar-refractivity contribution in [3.05, 3.63) is 28.8 Å². The number of esters is 1. The highest BCUT2D eigenvalue weighted by Crippen LogP contribution is 2.40. The average molecular weight is 295 g/mol. The van der Waals surface area contributed by atoms with Crippen molar-refractivity contribution in [2.45, 2.75) is 19.0 Å². The van der Waals surface area contributed by atoms with E-state index in [0.29, 0.717) is 0 Å². The van der Waals surface area contributed by atoms with Gasteiger partial charge in [-0.1, -0.05) is 17.7 Å². The van der Waals surface area contributed by atoms with Gasteiger partial charge >= 0.3 is 11.9 Å². The molecule has 1 atom stereocenters. The number of benzene rings is 1. The van der Waals surface area contributed by atoms with Crippen LogP contribution in [0.5, 0.6) is 5.75 Å². The first-order valence-corrected chi connectivity index (χ1v) is 5.79. The molecule has 0 radical (unpaired) electrons. The molecular weight excluding hydrogens is 282 g/mol. The molecule has 0 aliphatic rings. The van der Waals surface area contributed by atoms with Crippen LogP contribution < -0.4 is 4.74 Å². The van der Waals surface area contributed by atoms with Gasteiger partial charge in [-0.05, 0) is 19.1 Å². The topological polar surface area (TPSA) is 55.8 Å². The van der Waals surface area contributed by atoms with Crippen LogP contribution in [0.3, 0.4) is 0 Å². The van der Waals surface area contributed by atoms with E-state index >= 15 is 0 Å². The summed E-state index contributed by atoms with van der Waals surface area (Å²) < 4.78 is 36.6. The molecule has 0 aromatic heterocycles. The predicted octanol–water partition coefficient (Wildman–Crippen LogP) is 2.58. The molecule has 4 nitrogen and oxygen atoms in total. The summed E-state index contributed by atoms with van der Waals surface area (Å²) in [5, 5.41) is 9.59. The van der Waals surface area contributed by atoms with E-state index < -0.39 is 18.0 Å². The Hall–Kier alpha value is -1.40. The largest absolute Gasteiger partial charge is 0.496 e. The van der Waals surface area contributed by atoms with Crippen molar-refractivity contribution >= 4 is 17.6 Å². The first-order chi connectivity index (χ1) is 8.86. The lowest BCUT2D eigenvalue weighted by atomic mass is 10.0. The fourth-order valence-electron chi connectivity index (χ4n) is 1.48. The number of hydrogen-bond acceptors (Lipinski definition) is 4. The Morgan fingerprint density at radius 2 is 2.16 bits per heavy atom. The lowest BCUT2D eigenvalue weighted by Gasteiger charge is -2.23. The maximum Gasteiger partial charge on any atom is 0.380 e. The summed E-state index contributed by atoms with van der Waals surface area (Å²) in [7, 11) is 1.24. The molecule has 106 valence electrons. The summed E-state index contributed by atoms with van der Waals surface area (Å²) in [5.41, 5.74) is -0.357. The van der Waals surface area contributed by atoms with Crippen molar-refractivity contribution in [3.63, 3.8) is 0 Å². The molecule has 1 unspecified atom stereocenters. The molecule has 0 saturated carbocycles. The number of ether oxygens (including phenoxy) is 2. The lowest BCUT2D eigenvalue weighted by molar-refractivity contribution is -0.189. The third-order valence-corrected chi connectivity index (χ3v) is 2.73. The van der Waals surface area contributed by atoms with Gasteiger partial charge in [-0.3, -0.25) is 0 Å². The number of rotatable bonds is 5. The van der Waals surface area contributed by atoms with Crippen LogP contribution in [-0.4, -0.2) is 30.7 Å². The Morgan fingerprint density at radius 1 is 1.53 bits per heavy atom. The normalized spacial score (nSPS) is 12.9. The zero-order chi connectivity index (χ0) is 14.6. The van der Waals surface area contributed by atoms with Gasteiger partial charge in [0.25, 0.3) is 0 Å². The summed E-state index contributed by atoms with van der Waals surface area (Å²) in [4.78, 5) is 11.2. The van der Waals surface area contributed by atoms with E-state index in [0.717, 1.165) is 0 Å². The smallest absolute Gasteiger partial charge is 0.380 e. The first kappa shape index (κ1) is 15.7. The summed E-state index contributed by atoms with van der Waals surface area (Å²) in [6.45, 7) is 1.16. The fraction of sp³-hybridized carbons (Fsp3) is 0.417. The van der Waals surface area contributed by atoms with Crippen molar-refractivity contribution in [1.29, 1.82) is 0 Å². The number of carbonyl (C=O) groups excluding carboxylic acids is 1. The van der Waals surface area contributed by atoms with Gasteiger partial charge in [0.05, 0.1) is 18.7 Å². The minimum atomic E-state index is -4.12. The SMILES string of the molecule is CCOC(=O)C(F)(F)C(O)c1c(Cl)cccc1OC. The van der Waals surface area contributed by atoms with Gasteiger partial charge in [0, 0.05) is 5.56 Å². The third kappa shape index (κ3) is 3.13. The standard InChI is InChI=1S/C12H13ClF2O4/c1-3-19-11(17)12(14,15)10(16)9-7(13)5-4-6-8(9)18-2/h4-6,10,16H,3H2,1-2H3. The quantitative estimate of drug-likeness (QED) is 0.848. The van der Waals surface area contributed by atoms with E-state index in [-0.39, 0.29) is 22.9 Å². The zero-order valence-corrected chi connectivity index (χ0v) is 11.1. The molecule has 0 aliphatic heterocycles. The van der Waals surface area contributed by atoms with E-state index in [1.165, 1.54) is 32.2 Å². The maximum absolute atomic E-state index is 13.7. The number of aliphatic hydroxyl groups is 1. The minimum Gasteiger partial charge on any atom is -0.496 e. The number of halogens is 3.